The summed E-state index contributed by atoms with van der Waals surface area (Å²) in [6.07, 6.45) is 5.95. The Morgan fingerprint density at radius 3 is 2.86 bits per heavy atom. The van der Waals surface area contributed by atoms with Gasteiger partial charge in [0.1, 0.15) is 17.2 Å². The summed E-state index contributed by atoms with van der Waals surface area (Å²) < 4.78 is 12.1. The fourth-order valence-corrected chi connectivity index (χ4v) is 4.93. The summed E-state index contributed by atoms with van der Waals surface area (Å²) >= 11 is 0. The highest BCUT2D eigenvalue weighted by Crippen LogP contribution is 2.39. The van der Waals surface area contributed by atoms with Crippen molar-refractivity contribution in [2.45, 2.75) is 45.6 Å². The fraction of sp³-hybridized carbons (Fsp3) is 0.367. The van der Waals surface area contributed by atoms with Crippen molar-refractivity contribution in [1.82, 2.24) is 15.2 Å². The minimum absolute atomic E-state index is 0.178. The van der Waals surface area contributed by atoms with Crippen LogP contribution >= 0.6 is 0 Å². The summed E-state index contributed by atoms with van der Waals surface area (Å²) in [6, 6.07) is 15.5. The van der Waals surface area contributed by atoms with Crippen LogP contribution in [0.4, 0.5) is 0 Å². The number of ether oxygens (including phenoxy) is 2. The predicted octanol–water partition coefficient (Wildman–Crippen LogP) is 5.30. The van der Waals surface area contributed by atoms with Crippen LogP contribution in [-0.2, 0) is 11.2 Å². The molecule has 0 radical (unpaired) electrons. The zero-order valence-electron chi connectivity index (χ0n) is 21.4. The molecule has 4 heterocycles. The van der Waals surface area contributed by atoms with Gasteiger partial charge in [0.05, 0.1) is 24.4 Å². The molecule has 8 bridgehead atoms. The van der Waals surface area contributed by atoms with E-state index >= 15 is 0 Å². The van der Waals surface area contributed by atoms with Gasteiger partial charge >= 0.3 is 0 Å². The second-order valence-electron chi connectivity index (χ2n) is 10.1. The Labute approximate surface area is 217 Å². The number of carbonyl (C=O) groups excluding carboxylic acids is 2. The minimum Gasteiger partial charge on any atom is -0.494 e. The van der Waals surface area contributed by atoms with Gasteiger partial charge in [-0.25, -0.2) is 0 Å². The van der Waals surface area contributed by atoms with E-state index in [9.17, 15) is 9.59 Å². The lowest BCUT2D eigenvalue weighted by Gasteiger charge is -2.38. The molecule has 0 saturated carbocycles. The molecule has 1 aromatic heterocycles. The summed E-state index contributed by atoms with van der Waals surface area (Å²) in [6.45, 7) is 5.88. The van der Waals surface area contributed by atoms with Gasteiger partial charge in [0.2, 0.25) is 5.91 Å². The van der Waals surface area contributed by atoms with Crippen molar-refractivity contribution in [3.05, 3.63) is 83.2 Å². The van der Waals surface area contributed by atoms with Gasteiger partial charge in [-0.15, -0.1) is 0 Å². The molecule has 37 heavy (non-hydrogen) atoms. The first-order chi connectivity index (χ1) is 18.0. The molecule has 7 heteroatoms. The first-order valence-electron chi connectivity index (χ1n) is 13.0. The Morgan fingerprint density at radius 1 is 1.11 bits per heavy atom. The van der Waals surface area contributed by atoms with Gasteiger partial charge in [0.15, 0.2) is 0 Å². The predicted molar refractivity (Wildman–Crippen MR) is 141 cm³/mol. The van der Waals surface area contributed by atoms with Crippen molar-refractivity contribution < 1.29 is 19.1 Å². The lowest BCUT2D eigenvalue weighted by Crippen LogP contribution is -2.40. The Morgan fingerprint density at radius 2 is 2.00 bits per heavy atom. The Balaban J connectivity index is 1.54. The van der Waals surface area contributed by atoms with Crippen LogP contribution in [0.3, 0.4) is 0 Å². The molecule has 0 saturated heterocycles. The molecule has 3 aromatic rings. The molecule has 1 N–H and O–H groups in total. The van der Waals surface area contributed by atoms with E-state index in [-0.39, 0.29) is 17.9 Å². The van der Waals surface area contributed by atoms with Crippen molar-refractivity contribution in [3.63, 3.8) is 0 Å². The van der Waals surface area contributed by atoms with Gasteiger partial charge in [-0.1, -0.05) is 32.0 Å². The van der Waals surface area contributed by atoms with Crippen LogP contribution in [0.2, 0.25) is 0 Å². The Kier molecular flexibility index (Phi) is 7.40. The number of hydrogen-bond acceptors (Lipinski definition) is 5. The van der Waals surface area contributed by atoms with Crippen LogP contribution in [0.1, 0.15) is 66.2 Å². The minimum atomic E-state index is -0.198. The quantitative estimate of drug-likeness (QED) is 0.529. The molecule has 7 nitrogen and oxygen atoms in total. The number of nitrogens with one attached hydrogen (secondary N) is 1. The standard InChI is InChI=1S/C30H33N3O4/c1-20(2)7-10-28(34)33-13-11-21-15-25-8-9-27(21)29(33)22-5-3-6-24(16-22)36-14-4-12-32-30(35)23-17-26(37-25)19-31-18-23/h3,5-6,8-9,15-20,29H,4,7,10-14H2,1-2H3,(H,32,35). The number of hydrogen-bond donors (Lipinski definition) is 1. The summed E-state index contributed by atoms with van der Waals surface area (Å²) in [7, 11) is 0. The fourth-order valence-electron chi connectivity index (χ4n) is 4.93. The van der Waals surface area contributed by atoms with Crippen molar-refractivity contribution >= 4 is 11.8 Å². The largest absolute Gasteiger partial charge is 0.494 e. The second-order valence-corrected chi connectivity index (χ2v) is 10.1. The molecule has 6 rings (SSSR count). The number of amides is 2. The van der Waals surface area contributed by atoms with E-state index in [1.165, 1.54) is 6.20 Å². The van der Waals surface area contributed by atoms with E-state index in [0.717, 1.165) is 35.3 Å². The third-order valence-electron chi connectivity index (χ3n) is 6.86. The third kappa shape index (κ3) is 5.77. The molecule has 192 valence electrons. The van der Waals surface area contributed by atoms with Crippen molar-refractivity contribution in [2.24, 2.45) is 5.92 Å². The maximum absolute atomic E-state index is 13.4. The smallest absolute Gasteiger partial charge is 0.252 e. The number of rotatable bonds is 3. The topological polar surface area (TPSA) is 80.8 Å². The van der Waals surface area contributed by atoms with Crippen LogP contribution in [0.15, 0.2) is 60.9 Å². The number of carbonyl (C=O) groups is 2. The third-order valence-corrected chi connectivity index (χ3v) is 6.86. The van der Waals surface area contributed by atoms with Crippen LogP contribution < -0.4 is 14.8 Å². The molecule has 0 spiro atoms. The Hall–Kier alpha value is -3.87. The van der Waals surface area contributed by atoms with Gasteiger partial charge < -0.3 is 19.7 Å². The number of benzene rings is 2. The van der Waals surface area contributed by atoms with Gasteiger partial charge in [0.25, 0.3) is 5.91 Å². The molecular formula is C30H33N3O4. The maximum Gasteiger partial charge on any atom is 0.252 e. The summed E-state index contributed by atoms with van der Waals surface area (Å²) in [4.78, 5) is 32.2. The summed E-state index contributed by atoms with van der Waals surface area (Å²) in [5, 5.41) is 2.91. The van der Waals surface area contributed by atoms with Crippen LogP contribution in [0.25, 0.3) is 0 Å². The van der Waals surface area contributed by atoms with Gasteiger partial charge in [0, 0.05) is 25.7 Å². The SMILES string of the molecule is CC(C)CCC(=O)N1CCc2cc3ccc2C1c1cccc(c1)OCCCNC(=O)c1cncc(c1)O3. The van der Waals surface area contributed by atoms with E-state index in [0.29, 0.717) is 55.5 Å². The van der Waals surface area contributed by atoms with Gasteiger partial charge in [-0.3, -0.25) is 14.6 Å². The highest BCUT2D eigenvalue weighted by Gasteiger charge is 2.32. The lowest BCUT2D eigenvalue weighted by atomic mass is 9.87. The zero-order valence-corrected chi connectivity index (χ0v) is 21.4. The molecule has 2 aromatic carbocycles. The molecule has 1 atom stereocenters. The second kappa shape index (κ2) is 11.0. The van der Waals surface area contributed by atoms with E-state index in [1.54, 1.807) is 12.3 Å². The number of pyridine rings is 1. The van der Waals surface area contributed by atoms with Crippen molar-refractivity contribution in [1.29, 1.82) is 0 Å². The maximum atomic E-state index is 13.4. The van der Waals surface area contributed by atoms with Gasteiger partial charge in [-0.05, 0) is 72.2 Å². The van der Waals surface area contributed by atoms with E-state index in [4.69, 9.17) is 9.47 Å². The van der Waals surface area contributed by atoms with Crippen LogP contribution in [0.5, 0.6) is 17.2 Å². The number of nitrogens with zero attached hydrogens (tertiary/aromatic N) is 2. The highest BCUT2D eigenvalue weighted by atomic mass is 16.5. The molecule has 2 amide bonds. The van der Waals surface area contributed by atoms with E-state index in [1.807, 2.05) is 35.2 Å². The molecule has 0 fully saturated rings. The average molecular weight is 500 g/mol. The van der Waals surface area contributed by atoms with E-state index in [2.05, 4.69) is 36.3 Å². The first-order valence-corrected chi connectivity index (χ1v) is 13.0. The number of fused-ring (bicyclic) bond motifs is 6. The summed E-state index contributed by atoms with van der Waals surface area (Å²) in [5.74, 6) is 2.38. The van der Waals surface area contributed by atoms with E-state index < -0.39 is 0 Å². The molecule has 1 unspecified atom stereocenters. The molecule has 0 aliphatic carbocycles. The zero-order chi connectivity index (χ0) is 25.8. The summed E-state index contributed by atoms with van der Waals surface area (Å²) in [5.41, 5.74) is 3.71. The van der Waals surface area contributed by atoms with Crippen molar-refractivity contribution in [2.75, 3.05) is 19.7 Å². The molecule has 3 aliphatic rings. The van der Waals surface area contributed by atoms with Gasteiger partial charge in [-0.2, -0.15) is 0 Å². The highest BCUT2D eigenvalue weighted by molar-refractivity contribution is 5.94. The molecule has 3 aliphatic heterocycles. The number of aromatic nitrogens is 1. The monoisotopic (exact) mass is 499 g/mol. The van der Waals surface area contributed by atoms with Crippen LogP contribution in [-0.4, -0.2) is 41.4 Å². The lowest BCUT2D eigenvalue weighted by molar-refractivity contribution is -0.133. The Bertz CT molecular complexity index is 1290. The van der Waals surface area contributed by atoms with Crippen LogP contribution in [0, 0.1) is 5.92 Å². The first kappa shape index (κ1) is 24.8. The van der Waals surface area contributed by atoms with Crippen molar-refractivity contribution in [3.8, 4) is 17.2 Å². The average Bonchev–Trinajstić information content (AvgIpc) is 2.90. The normalized spacial score (nSPS) is 17.3. The molecular weight excluding hydrogens is 466 g/mol.